The van der Waals surface area contributed by atoms with E-state index in [9.17, 15) is 0 Å². The average Bonchev–Trinajstić information content (AvgIpc) is 3.30. The summed E-state index contributed by atoms with van der Waals surface area (Å²) in [5, 5.41) is 0. The van der Waals surface area contributed by atoms with Crippen LogP contribution in [0.1, 0.15) is 22.3 Å². The van der Waals surface area contributed by atoms with Crippen molar-refractivity contribution >= 4 is 0 Å². The summed E-state index contributed by atoms with van der Waals surface area (Å²) in [4.78, 5) is 0. The maximum Gasteiger partial charge on any atom is 0.249 e. The molecule has 4 nitrogen and oxygen atoms in total. The largest absolute Gasteiger partial charge is 0.249 e. The highest BCUT2D eigenvalue weighted by molar-refractivity contribution is 5.47. The van der Waals surface area contributed by atoms with Crippen molar-refractivity contribution in [2.45, 2.75) is 40.8 Å². The predicted octanol–water partition coefficient (Wildman–Crippen LogP) is 3.78. The summed E-state index contributed by atoms with van der Waals surface area (Å²) >= 11 is 0. The molecule has 0 fully saturated rings. The summed E-state index contributed by atoms with van der Waals surface area (Å²) in [6.45, 7) is 10.5. The van der Waals surface area contributed by atoms with Crippen molar-refractivity contribution in [2.24, 2.45) is 0 Å². The Morgan fingerprint density at radius 3 is 1.32 bits per heavy atom. The molecule has 0 aliphatic heterocycles. The maximum atomic E-state index is 2.25. The molecule has 0 saturated heterocycles. The second-order valence-corrected chi connectivity index (χ2v) is 7.60. The molecule has 4 rings (SSSR count). The molecule has 0 spiro atoms. The first kappa shape index (κ1) is 18.2. The number of hydrogen-bond acceptors (Lipinski definition) is 0. The normalized spacial score (nSPS) is 11.1. The van der Waals surface area contributed by atoms with Crippen LogP contribution < -0.4 is 9.13 Å². The second kappa shape index (κ2) is 7.47. The molecular weight excluding hydrogens is 344 g/mol. The van der Waals surface area contributed by atoms with Crippen LogP contribution in [0, 0.1) is 27.7 Å². The highest BCUT2D eigenvalue weighted by Gasteiger charge is 2.14. The fourth-order valence-electron chi connectivity index (χ4n) is 3.97. The van der Waals surface area contributed by atoms with E-state index < -0.39 is 0 Å². The van der Waals surface area contributed by atoms with E-state index in [1.807, 2.05) is 0 Å². The van der Waals surface area contributed by atoms with Crippen molar-refractivity contribution in [3.05, 3.63) is 96.1 Å². The molecule has 2 heterocycles. The fraction of sp³-hybridized carbons (Fsp3) is 0.250. The summed E-state index contributed by atoms with van der Waals surface area (Å²) in [6.07, 6.45) is 12.9. The van der Waals surface area contributed by atoms with E-state index in [-0.39, 0.29) is 0 Å². The molecule has 0 aliphatic rings. The summed E-state index contributed by atoms with van der Waals surface area (Å²) in [5.74, 6) is 0. The number of imidazole rings is 2. The zero-order chi connectivity index (χ0) is 19.7. The van der Waals surface area contributed by atoms with E-state index in [0.717, 1.165) is 13.1 Å². The van der Waals surface area contributed by atoms with Crippen molar-refractivity contribution in [1.82, 2.24) is 9.13 Å². The molecule has 0 aliphatic carbocycles. The molecule has 28 heavy (non-hydrogen) atoms. The van der Waals surface area contributed by atoms with Crippen LogP contribution in [0.5, 0.6) is 0 Å². The predicted molar refractivity (Wildman–Crippen MR) is 111 cm³/mol. The Bertz CT molecular complexity index is 987. The van der Waals surface area contributed by atoms with Crippen molar-refractivity contribution in [3.63, 3.8) is 0 Å². The first-order chi connectivity index (χ1) is 13.5. The highest BCUT2D eigenvalue weighted by Crippen LogP contribution is 2.18. The first-order valence-corrected chi connectivity index (χ1v) is 9.80. The van der Waals surface area contributed by atoms with Crippen molar-refractivity contribution in [3.8, 4) is 11.4 Å². The zero-order valence-corrected chi connectivity index (χ0v) is 17.1. The Morgan fingerprint density at radius 2 is 0.964 bits per heavy atom. The van der Waals surface area contributed by atoms with E-state index in [2.05, 4.69) is 120 Å². The Balaban J connectivity index is 1.49. The average molecular weight is 373 g/mol. The molecule has 2 aromatic heterocycles. The number of aromatic nitrogens is 4. The zero-order valence-electron chi connectivity index (χ0n) is 17.1. The standard InChI is InChI=1S/C24H28N4/c1-19-7-5-8-20(2)23(19)27-15-13-25(17-27)11-12-26-14-16-28(18-26)24-21(3)9-6-10-22(24)4/h5-10,13-18H,11-12H2,1-4H3/q+2. The van der Waals surface area contributed by atoms with Gasteiger partial charge in [0.25, 0.3) is 0 Å². The molecule has 4 heteroatoms. The summed E-state index contributed by atoms with van der Waals surface area (Å²) in [5.41, 5.74) is 7.72. The smallest absolute Gasteiger partial charge is 0.232 e. The lowest BCUT2D eigenvalue weighted by molar-refractivity contribution is -0.777. The monoisotopic (exact) mass is 372 g/mol. The molecule has 4 aromatic rings. The molecule has 0 bridgehead atoms. The number of aryl methyl sites for hydroxylation is 6. The third-order valence-corrected chi connectivity index (χ3v) is 5.39. The van der Waals surface area contributed by atoms with E-state index in [1.54, 1.807) is 0 Å². The number of para-hydroxylation sites is 2. The second-order valence-electron chi connectivity index (χ2n) is 7.60. The van der Waals surface area contributed by atoms with E-state index in [0.29, 0.717) is 0 Å². The van der Waals surface area contributed by atoms with Gasteiger partial charge in [-0.2, -0.15) is 0 Å². The molecule has 0 amide bonds. The number of benzene rings is 2. The minimum atomic E-state index is 0.930. The molecule has 0 N–H and O–H groups in total. The van der Waals surface area contributed by atoms with Gasteiger partial charge < -0.3 is 0 Å². The molecule has 142 valence electrons. The Labute approximate surface area is 166 Å². The van der Waals surface area contributed by atoms with Gasteiger partial charge in [0.05, 0.1) is 0 Å². The Hall–Kier alpha value is -3.14. The lowest BCUT2D eigenvalue weighted by Crippen LogP contribution is -2.42. The van der Waals surface area contributed by atoms with Gasteiger partial charge in [-0.25, -0.2) is 18.3 Å². The number of rotatable bonds is 5. The minimum Gasteiger partial charge on any atom is -0.232 e. The topological polar surface area (TPSA) is 17.6 Å². The third-order valence-electron chi connectivity index (χ3n) is 5.39. The minimum absolute atomic E-state index is 0.930. The Morgan fingerprint density at radius 1 is 0.607 bits per heavy atom. The van der Waals surface area contributed by atoms with Gasteiger partial charge in [0.15, 0.2) is 0 Å². The molecule has 0 unspecified atom stereocenters. The van der Waals surface area contributed by atoms with Crippen LogP contribution in [0.3, 0.4) is 0 Å². The van der Waals surface area contributed by atoms with Gasteiger partial charge >= 0.3 is 0 Å². The summed E-state index contributed by atoms with van der Waals surface area (Å²) < 4.78 is 8.93. The van der Waals surface area contributed by atoms with Gasteiger partial charge in [0, 0.05) is 0 Å². The van der Waals surface area contributed by atoms with Crippen LogP contribution in [-0.2, 0) is 13.1 Å². The summed E-state index contributed by atoms with van der Waals surface area (Å²) in [6, 6.07) is 12.9. The van der Waals surface area contributed by atoms with Gasteiger partial charge in [-0.1, -0.05) is 36.4 Å². The van der Waals surface area contributed by atoms with E-state index in [4.69, 9.17) is 0 Å². The van der Waals surface area contributed by atoms with Gasteiger partial charge in [-0.05, 0) is 49.9 Å². The molecular formula is C24H28N4+2. The molecule has 0 saturated carbocycles. The van der Waals surface area contributed by atoms with Crippen LogP contribution in [0.15, 0.2) is 73.8 Å². The SMILES string of the molecule is Cc1cccc(C)c1-n1cc[n+](CC[n+]2ccn(-c3c(C)cccc3C)c2)c1. The quantitative estimate of drug-likeness (QED) is 0.475. The van der Waals surface area contributed by atoms with Gasteiger partial charge in [0.2, 0.25) is 12.7 Å². The van der Waals surface area contributed by atoms with Gasteiger partial charge in [0.1, 0.15) is 49.3 Å². The van der Waals surface area contributed by atoms with Crippen LogP contribution in [-0.4, -0.2) is 9.13 Å². The third kappa shape index (κ3) is 3.50. The number of nitrogens with zero attached hydrogens (tertiary/aromatic N) is 4. The summed E-state index contributed by atoms with van der Waals surface area (Å²) in [7, 11) is 0. The molecule has 2 aromatic carbocycles. The van der Waals surface area contributed by atoms with Gasteiger partial charge in [-0.3, -0.25) is 0 Å². The van der Waals surface area contributed by atoms with Crippen LogP contribution in [0.25, 0.3) is 11.4 Å². The lowest BCUT2D eigenvalue weighted by Gasteiger charge is -2.04. The molecule has 0 atom stereocenters. The maximum absolute atomic E-state index is 2.25. The van der Waals surface area contributed by atoms with Crippen molar-refractivity contribution < 1.29 is 9.13 Å². The fourth-order valence-corrected chi connectivity index (χ4v) is 3.97. The van der Waals surface area contributed by atoms with Crippen LogP contribution in [0.4, 0.5) is 0 Å². The van der Waals surface area contributed by atoms with Crippen LogP contribution >= 0.6 is 0 Å². The van der Waals surface area contributed by atoms with E-state index in [1.165, 1.54) is 33.6 Å². The van der Waals surface area contributed by atoms with E-state index >= 15 is 0 Å². The number of hydrogen-bond donors (Lipinski definition) is 0. The van der Waals surface area contributed by atoms with Crippen molar-refractivity contribution in [2.75, 3.05) is 0 Å². The van der Waals surface area contributed by atoms with Crippen LogP contribution in [0.2, 0.25) is 0 Å². The highest BCUT2D eigenvalue weighted by atomic mass is 15.2. The van der Waals surface area contributed by atoms with Crippen molar-refractivity contribution in [1.29, 1.82) is 0 Å². The van der Waals surface area contributed by atoms with Gasteiger partial charge in [-0.15, -0.1) is 0 Å². The first-order valence-electron chi connectivity index (χ1n) is 9.80. The molecule has 0 radical (unpaired) electrons. The lowest BCUT2D eigenvalue weighted by atomic mass is 10.1. The Kier molecular flexibility index (Phi) is 4.86.